The van der Waals surface area contributed by atoms with Crippen LogP contribution in [-0.4, -0.2) is 5.78 Å². The summed E-state index contributed by atoms with van der Waals surface area (Å²) in [7, 11) is 0. The number of carbonyl (C=O) groups excluding carboxylic acids is 1. The van der Waals surface area contributed by atoms with E-state index in [0.29, 0.717) is 21.5 Å². The van der Waals surface area contributed by atoms with E-state index in [9.17, 15) is 9.18 Å². The Morgan fingerprint density at radius 3 is 2.56 bits per heavy atom. The molecule has 0 radical (unpaired) electrons. The number of hydrogen-bond acceptors (Lipinski definition) is 2. The second-order valence-electron chi connectivity index (χ2n) is 3.73. The minimum Gasteiger partial charge on any atom is -0.455 e. The largest absolute Gasteiger partial charge is 0.455 e. The SMILES string of the molecule is CC(=O)c1ccccc1Oc1ccc(F)cc1Br. The standard InChI is InChI=1S/C14H10BrFO2/c1-9(17)11-4-2-3-5-13(11)18-14-7-6-10(16)8-12(14)15/h2-8H,1H3. The number of hydrogen-bond donors (Lipinski definition) is 0. The molecular formula is C14H10BrFO2. The molecule has 18 heavy (non-hydrogen) atoms. The van der Waals surface area contributed by atoms with Crippen molar-refractivity contribution in [2.24, 2.45) is 0 Å². The first-order valence-electron chi connectivity index (χ1n) is 5.31. The molecule has 4 heteroatoms. The lowest BCUT2D eigenvalue weighted by molar-refractivity contribution is 0.101. The van der Waals surface area contributed by atoms with Crippen molar-refractivity contribution in [3.8, 4) is 11.5 Å². The molecule has 0 fully saturated rings. The maximum absolute atomic E-state index is 13.0. The fraction of sp³-hybridized carbons (Fsp3) is 0.0714. The van der Waals surface area contributed by atoms with Crippen LogP contribution in [0.15, 0.2) is 46.9 Å². The van der Waals surface area contributed by atoms with Crippen molar-refractivity contribution in [2.45, 2.75) is 6.92 Å². The van der Waals surface area contributed by atoms with E-state index in [-0.39, 0.29) is 11.6 Å². The Hall–Kier alpha value is -1.68. The lowest BCUT2D eigenvalue weighted by atomic mass is 10.1. The van der Waals surface area contributed by atoms with Crippen molar-refractivity contribution < 1.29 is 13.9 Å². The third-order valence-electron chi connectivity index (χ3n) is 2.38. The number of carbonyl (C=O) groups is 1. The van der Waals surface area contributed by atoms with Gasteiger partial charge in [0.2, 0.25) is 0 Å². The maximum atomic E-state index is 13.0. The summed E-state index contributed by atoms with van der Waals surface area (Å²) in [4.78, 5) is 11.4. The highest BCUT2D eigenvalue weighted by atomic mass is 79.9. The molecule has 0 saturated heterocycles. The Kier molecular flexibility index (Phi) is 3.77. The van der Waals surface area contributed by atoms with Gasteiger partial charge in [0.25, 0.3) is 0 Å². The van der Waals surface area contributed by atoms with Crippen LogP contribution in [0.2, 0.25) is 0 Å². The van der Waals surface area contributed by atoms with Gasteiger partial charge in [0, 0.05) is 0 Å². The third kappa shape index (κ3) is 2.76. The summed E-state index contributed by atoms with van der Waals surface area (Å²) in [6.45, 7) is 1.47. The van der Waals surface area contributed by atoms with Gasteiger partial charge in [-0.2, -0.15) is 0 Å². The second-order valence-corrected chi connectivity index (χ2v) is 4.58. The predicted octanol–water partition coefficient (Wildman–Crippen LogP) is 4.58. The van der Waals surface area contributed by atoms with Crippen molar-refractivity contribution in [2.75, 3.05) is 0 Å². The number of Topliss-reactive ketones (excluding diaryl/α,β-unsaturated/α-hetero) is 1. The van der Waals surface area contributed by atoms with Crippen molar-refractivity contribution in [1.29, 1.82) is 0 Å². The molecule has 0 saturated carbocycles. The van der Waals surface area contributed by atoms with Crippen LogP contribution in [0.3, 0.4) is 0 Å². The molecule has 2 aromatic carbocycles. The minimum atomic E-state index is -0.353. The molecule has 0 aliphatic heterocycles. The van der Waals surface area contributed by atoms with Crippen molar-refractivity contribution in [3.05, 3.63) is 58.3 Å². The van der Waals surface area contributed by atoms with Crippen molar-refractivity contribution >= 4 is 21.7 Å². The topological polar surface area (TPSA) is 26.3 Å². The number of ketones is 1. The zero-order valence-corrected chi connectivity index (χ0v) is 11.2. The molecule has 0 heterocycles. The number of rotatable bonds is 3. The van der Waals surface area contributed by atoms with E-state index in [1.165, 1.54) is 25.1 Å². The van der Waals surface area contributed by atoms with Gasteiger partial charge in [-0.25, -0.2) is 4.39 Å². The molecule has 2 nitrogen and oxygen atoms in total. The molecule has 2 rings (SSSR count). The van der Waals surface area contributed by atoms with E-state index < -0.39 is 0 Å². The van der Waals surface area contributed by atoms with Crippen LogP contribution >= 0.6 is 15.9 Å². The Morgan fingerprint density at radius 2 is 1.89 bits per heavy atom. The number of para-hydroxylation sites is 1. The molecule has 0 unspecified atom stereocenters. The summed E-state index contributed by atoms with van der Waals surface area (Å²) >= 11 is 3.22. The molecule has 2 aromatic rings. The van der Waals surface area contributed by atoms with Crippen LogP contribution < -0.4 is 4.74 Å². The fourth-order valence-corrected chi connectivity index (χ4v) is 1.95. The highest BCUT2D eigenvalue weighted by Crippen LogP contribution is 2.31. The van der Waals surface area contributed by atoms with Gasteiger partial charge in [-0.05, 0) is 53.2 Å². The van der Waals surface area contributed by atoms with E-state index >= 15 is 0 Å². The van der Waals surface area contributed by atoms with Gasteiger partial charge in [0.1, 0.15) is 17.3 Å². The molecule has 92 valence electrons. The van der Waals surface area contributed by atoms with Crippen molar-refractivity contribution in [3.63, 3.8) is 0 Å². The quantitative estimate of drug-likeness (QED) is 0.776. The van der Waals surface area contributed by atoms with Crippen LogP contribution in [0, 0.1) is 5.82 Å². The first-order chi connectivity index (χ1) is 8.58. The molecule has 0 aliphatic rings. The Balaban J connectivity index is 2.37. The number of halogens is 2. The van der Waals surface area contributed by atoms with Gasteiger partial charge < -0.3 is 4.74 Å². The average molecular weight is 309 g/mol. The molecule has 0 aromatic heterocycles. The summed E-state index contributed by atoms with van der Waals surface area (Å²) in [5.74, 6) is 0.486. The van der Waals surface area contributed by atoms with Gasteiger partial charge in [0.05, 0.1) is 10.0 Å². The van der Waals surface area contributed by atoms with Gasteiger partial charge in [-0.3, -0.25) is 4.79 Å². The molecular weight excluding hydrogens is 299 g/mol. The van der Waals surface area contributed by atoms with Gasteiger partial charge in [-0.1, -0.05) is 12.1 Å². The lowest BCUT2D eigenvalue weighted by Crippen LogP contribution is -1.97. The van der Waals surface area contributed by atoms with E-state index in [4.69, 9.17) is 4.74 Å². The Labute approximate surface area is 113 Å². The summed E-state index contributed by atoms with van der Waals surface area (Å²) < 4.78 is 19.1. The van der Waals surface area contributed by atoms with E-state index in [2.05, 4.69) is 15.9 Å². The van der Waals surface area contributed by atoms with Crippen LogP contribution in [0.25, 0.3) is 0 Å². The zero-order valence-electron chi connectivity index (χ0n) is 9.61. The highest BCUT2D eigenvalue weighted by molar-refractivity contribution is 9.10. The molecule has 0 aliphatic carbocycles. The van der Waals surface area contributed by atoms with Crippen LogP contribution in [-0.2, 0) is 0 Å². The summed E-state index contributed by atoms with van der Waals surface area (Å²) in [5.41, 5.74) is 0.494. The van der Waals surface area contributed by atoms with Gasteiger partial charge in [0.15, 0.2) is 5.78 Å². The van der Waals surface area contributed by atoms with Crippen LogP contribution in [0.4, 0.5) is 4.39 Å². The molecule has 0 atom stereocenters. The monoisotopic (exact) mass is 308 g/mol. The zero-order chi connectivity index (χ0) is 13.1. The van der Waals surface area contributed by atoms with Gasteiger partial charge >= 0.3 is 0 Å². The van der Waals surface area contributed by atoms with E-state index in [1.807, 2.05) is 0 Å². The smallest absolute Gasteiger partial charge is 0.163 e. The van der Waals surface area contributed by atoms with Crippen LogP contribution in [0.5, 0.6) is 11.5 Å². The second kappa shape index (κ2) is 5.31. The maximum Gasteiger partial charge on any atom is 0.163 e. The van der Waals surface area contributed by atoms with Crippen LogP contribution in [0.1, 0.15) is 17.3 Å². The Morgan fingerprint density at radius 1 is 1.17 bits per heavy atom. The highest BCUT2D eigenvalue weighted by Gasteiger charge is 2.10. The fourth-order valence-electron chi connectivity index (χ4n) is 1.52. The third-order valence-corrected chi connectivity index (χ3v) is 3.00. The average Bonchev–Trinajstić information content (AvgIpc) is 2.33. The van der Waals surface area contributed by atoms with E-state index in [0.717, 1.165) is 0 Å². The minimum absolute atomic E-state index is 0.0798. The van der Waals surface area contributed by atoms with E-state index in [1.54, 1.807) is 24.3 Å². The van der Waals surface area contributed by atoms with Crippen molar-refractivity contribution in [1.82, 2.24) is 0 Å². The molecule has 0 N–H and O–H groups in total. The molecule has 0 spiro atoms. The summed E-state index contributed by atoms with van der Waals surface area (Å²) in [6, 6.07) is 11.1. The molecule has 0 bridgehead atoms. The summed E-state index contributed by atoms with van der Waals surface area (Å²) in [6.07, 6.45) is 0. The summed E-state index contributed by atoms with van der Waals surface area (Å²) in [5, 5.41) is 0. The lowest BCUT2D eigenvalue weighted by Gasteiger charge is -2.10. The number of ether oxygens (including phenoxy) is 1. The first-order valence-corrected chi connectivity index (χ1v) is 6.10. The predicted molar refractivity (Wildman–Crippen MR) is 70.6 cm³/mol. The Bertz CT molecular complexity index is 596. The van der Waals surface area contributed by atoms with Gasteiger partial charge in [-0.15, -0.1) is 0 Å². The first kappa shape index (κ1) is 12.8. The molecule has 0 amide bonds. The normalized spacial score (nSPS) is 10.2. The number of benzene rings is 2.